The van der Waals surface area contributed by atoms with Crippen LogP contribution in [0.4, 0.5) is 0 Å². The second-order valence-corrected chi connectivity index (χ2v) is 4.10. The van der Waals surface area contributed by atoms with Gasteiger partial charge in [-0.2, -0.15) is 0 Å². The molecule has 2 atom stereocenters. The molecule has 2 N–H and O–H groups in total. The minimum absolute atomic E-state index is 0.0363. The van der Waals surface area contributed by atoms with Crippen molar-refractivity contribution >= 4 is 5.78 Å². The van der Waals surface area contributed by atoms with Gasteiger partial charge >= 0.3 is 0 Å². The van der Waals surface area contributed by atoms with E-state index < -0.39 is 12.1 Å². The Morgan fingerprint density at radius 2 is 1.62 bits per heavy atom. The van der Waals surface area contributed by atoms with Crippen LogP contribution in [0, 0.1) is 5.92 Å². The number of nitrogens with one attached hydrogen (secondary N) is 1. The van der Waals surface area contributed by atoms with Crippen molar-refractivity contribution < 1.29 is 9.90 Å². The zero-order valence-electron chi connectivity index (χ0n) is 9.16. The maximum absolute atomic E-state index is 11.6. The lowest BCUT2D eigenvalue weighted by atomic mass is 9.97. The topological polar surface area (TPSA) is 49.3 Å². The molecular formula is C10H21NO2. The number of hydrogen-bond donors (Lipinski definition) is 2. The van der Waals surface area contributed by atoms with E-state index in [1.807, 2.05) is 27.7 Å². The molecule has 0 aliphatic heterocycles. The number of aliphatic hydroxyl groups excluding tert-OH is 1. The Kier molecular flexibility index (Phi) is 5.18. The van der Waals surface area contributed by atoms with Crippen molar-refractivity contribution in [3.05, 3.63) is 0 Å². The van der Waals surface area contributed by atoms with Crippen LogP contribution in [0.25, 0.3) is 0 Å². The van der Waals surface area contributed by atoms with Crippen LogP contribution >= 0.6 is 0 Å². The van der Waals surface area contributed by atoms with Crippen molar-refractivity contribution in [2.24, 2.45) is 5.92 Å². The highest BCUT2D eigenvalue weighted by Crippen LogP contribution is 2.04. The van der Waals surface area contributed by atoms with Gasteiger partial charge in [-0.25, -0.2) is 0 Å². The Hall–Kier alpha value is -0.410. The summed E-state index contributed by atoms with van der Waals surface area (Å²) in [5.41, 5.74) is 0. The second kappa shape index (κ2) is 5.35. The van der Waals surface area contributed by atoms with Crippen molar-refractivity contribution in [3.8, 4) is 0 Å². The van der Waals surface area contributed by atoms with E-state index in [-0.39, 0.29) is 17.7 Å². The molecule has 0 radical (unpaired) electrons. The van der Waals surface area contributed by atoms with Gasteiger partial charge < -0.3 is 10.4 Å². The first kappa shape index (κ1) is 12.6. The van der Waals surface area contributed by atoms with Crippen LogP contribution in [0.15, 0.2) is 0 Å². The molecular weight excluding hydrogens is 166 g/mol. The molecule has 0 aliphatic rings. The quantitative estimate of drug-likeness (QED) is 0.674. The van der Waals surface area contributed by atoms with Crippen molar-refractivity contribution in [3.63, 3.8) is 0 Å². The summed E-state index contributed by atoms with van der Waals surface area (Å²) in [6.45, 7) is 9.26. The molecule has 0 rings (SSSR count). The molecule has 0 amide bonds. The van der Waals surface area contributed by atoms with Crippen molar-refractivity contribution in [1.82, 2.24) is 5.32 Å². The summed E-state index contributed by atoms with van der Waals surface area (Å²) in [5, 5.41) is 12.5. The van der Waals surface area contributed by atoms with Gasteiger partial charge in [0.25, 0.3) is 0 Å². The molecule has 3 heteroatoms. The zero-order chi connectivity index (χ0) is 10.6. The molecule has 0 aliphatic carbocycles. The fraction of sp³-hybridized carbons (Fsp3) is 0.900. The van der Waals surface area contributed by atoms with Gasteiger partial charge in [-0.15, -0.1) is 0 Å². The predicted octanol–water partition coefficient (Wildman–Crippen LogP) is 0.959. The lowest BCUT2D eigenvalue weighted by Gasteiger charge is -2.24. The fourth-order valence-corrected chi connectivity index (χ4v) is 1.18. The van der Waals surface area contributed by atoms with Crippen molar-refractivity contribution in [1.29, 1.82) is 0 Å². The number of hydrogen-bond acceptors (Lipinski definition) is 3. The summed E-state index contributed by atoms with van der Waals surface area (Å²) in [6, 6.07) is -0.220. The molecule has 0 heterocycles. The number of rotatable bonds is 5. The van der Waals surface area contributed by atoms with Crippen LogP contribution in [-0.4, -0.2) is 29.1 Å². The standard InChI is InChI=1S/C10H21NO2/c1-6(2)10(13)9(8(5)12)11-7(3)4/h6-9,11-12H,1-5H3/t8-,9+/m0/s1. The lowest BCUT2D eigenvalue weighted by Crippen LogP contribution is -2.49. The Morgan fingerprint density at radius 3 is 1.85 bits per heavy atom. The third-order valence-electron chi connectivity index (χ3n) is 1.87. The second-order valence-electron chi connectivity index (χ2n) is 4.10. The van der Waals surface area contributed by atoms with E-state index in [1.54, 1.807) is 6.92 Å². The summed E-state index contributed by atoms with van der Waals surface area (Å²) in [6.07, 6.45) is -0.628. The maximum atomic E-state index is 11.6. The molecule has 3 nitrogen and oxygen atoms in total. The molecule has 0 aromatic carbocycles. The zero-order valence-corrected chi connectivity index (χ0v) is 9.16. The normalized spacial score (nSPS) is 16.3. The van der Waals surface area contributed by atoms with E-state index in [4.69, 9.17) is 0 Å². The average molecular weight is 187 g/mol. The number of carbonyl (C=O) groups excluding carboxylic acids is 1. The van der Waals surface area contributed by atoms with Crippen LogP contribution in [0.5, 0.6) is 0 Å². The largest absolute Gasteiger partial charge is 0.391 e. The molecule has 0 aromatic rings. The molecule has 0 unspecified atom stereocenters. The number of carbonyl (C=O) groups is 1. The van der Waals surface area contributed by atoms with Crippen LogP contribution in [-0.2, 0) is 4.79 Å². The molecule has 0 saturated carbocycles. The first-order valence-corrected chi connectivity index (χ1v) is 4.84. The highest BCUT2D eigenvalue weighted by atomic mass is 16.3. The number of aliphatic hydroxyl groups is 1. The minimum Gasteiger partial charge on any atom is -0.391 e. The smallest absolute Gasteiger partial charge is 0.154 e. The molecule has 78 valence electrons. The van der Waals surface area contributed by atoms with Crippen molar-refractivity contribution in [2.75, 3.05) is 0 Å². The molecule has 0 aromatic heterocycles. The van der Waals surface area contributed by atoms with E-state index >= 15 is 0 Å². The van der Waals surface area contributed by atoms with E-state index in [9.17, 15) is 9.90 Å². The Labute approximate surface area is 80.5 Å². The summed E-state index contributed by atoms with van der Waals surface area (Å²) < 4.78 is 0. The Morgan fingerprint density at radius 1 is 1.15 bits per heavy atom. The highest BCUT2D eigenvalue weighted by molar-refractivity contribution is 5.86. The third kappa shape index (κ3) is 4.39. The minimum atomic E-state index is -0.628. The molecule has 0 saturated heterocycles. The summed E-state index contributed by atoms with van der Waals surface area (Å²) >= 11 is 0. The van der Waals surface area contributed by atoms with E-state index in [0.29, 0.717) is 0 Å². The van der Waals surface area contributed by atoms with Crippen LogP contribution in [0.2, 0.25) is 0 Å². The van der Waals surface area contributed by atoms with Gasteiger partial charge in [0.2, 0.25) is 0 Å². The van der Waals surface area contributed by atoms with E-state index in [1.165, 1.54) is 0 Å². The van der Waals surface area contributed by atoms with Gasteiger partial charge in [0.1, 0.15) is 0 Å². The lowest BCUT2D eigenvalue weighted by molar-refractivity contribution is -0.126. The van der Waals surface area contributed by atoms with Gasteiger partial charge in [0, 0.05) is 12.0 Å². The summed E-state index contributed by atoms with van der Waals surface area (Å²) in [7, 11) is 0. The van der Waals surface area contributed by atoms with Gasteiger partial charge in [0.15, 0.2) is 5.78 Å². The summed E-state index contributed by atoms with van der Waals surface area (Å²) in [5.74, 6) is 0.0366. The average Bonchev–Trinajstić information content (AvgIpc) is 1.97. The van der Waals surface area contributed by atoms with Crippen LogP contribution in [0.1, 0.15) is 34.6 Å². The highest BCUT2D eigenvalue weighted by Gasteiger charge is 2.25. The van der Waals surface area contributed by atoms with E-state index in [0.717, 1.165) is 0 Å². The molecule has 0 fully saturated rings. The van der Waals surface area contributed by atoms with Gasteiger partial charge in [-0.1, -0.05) is 27.7 Å². The number of Topliss-reactive ketones (excluding diaryl/α,β-unsaturated/α-hetero) is 1. The van der Waals surface area contributed by atoms with Gasteiger partial charge in [-0.3, -0.25) is 4.79 Å². The van der Waals surface area contributed by atoms with Crippen LogP contribution < -0.4 is 5.32 Å². The molecule has 13 heavy (non-hydrogen) atoms. The van der Waals surface area contributed by atoms with E-state index in [2.05, 4.69) is 5.32 Å². The third-order valence-corrected chi connectivity index (χ3v) is 1.87. The molecule has 0 bridgehead atoms. The number of ketones is 1. The van der Waals surface area contributed by atoms with Gasteiger partial charge in [-0.05, 0) is 6.92 Å². The fourth-order valence-electron chi connectivity index (χ4n) is 1.18. The SMILES string of the molecule is CC(C)N[C@@H](C(=O)C(C)C)[C@H](C)O. The summed E-state index contributed by atoms with van der Waals surface area (Å²) in [4.78, 5) is 11.6. The van der Waals surface area contributed by atoms with Crippen LogP contribution in [0.3, 0.4) is 0 Å². The van der Waals surface area contributed by atoms with Gasteiger partial charge in [0.05, 0.1) is 12.1 Å². The first-order chi connectivity index (χ1) is 5.86. The Balaban J connectivity index is 4.33. The monoisotopic (exact) mass is 187 g/mol. The molecule has 0 spiro atoms. The first-order valence-electron chi connectivity index (χ1n) is 4.84. The Bertz CT molecular complexity index is 164. The maximum Gasteiger partial charge on any atom is 0.154 e. The van der Waals surface area contributed by atoms with Crippen molar-refractivity contribution in [2.45, 2.75) is 52.8 Å². The predicted molar refractivity (Wildman–Crippen MR) is 53.6 cm³/mol.